The van der Waals surface area contributed by atoms with Crippen LogP contribution in [-0.2, 0) is 4.79 Å². The van der Waals surface area contributed by atoms with Gasteiger partial charge >= 0.3 is 18.2 Å². The lowest BCUT2D eigenvalue weighted by molar-refractivity contribution is -0.142. The molecular weight excluding hydrogens is 241 g/mol. The zero-order valence-electron chi connectivity index (χ0n) is 9.78. The summed E-state index contributed by atoms with van der Waals surface area (Å²) < 4.78 is 35.8. The minimum atomic E-state index is -4.34. The average molecular weight is 256 g/mol. The Bertz CT molecular complexity index is 294. The average Bonchev–Trinajstić information content (AvgIpc) is 2.21. The number of rotatable bonds is 4. The van der Waals surface area contributed by atoms with Crippen LogP contribution < -0.4 is 0 Å². The largest absolute Gasteiger partial charge is 0.480 e. The Hall–Kier alpha value is -1.47. The predicted octanol–water partition coefficient (Wildman–Crippen LogP) is 1.40. The Morgan fingerprint density at radius 1 is 1.29 bits per heavy atom. The maximum atomic E-state index is 11.9. The second-order valence-electron chi connectivity index (χ2n) is 3.69. The number of carboxylic acids is 1. The first kappa shape index (κ1) is 15.5. The van der Waals surface area contributed by atoms with E-state index < -0.39 is 37.2 Å². The summed E-state index contributed by atoms with van der Waals surface area (Å²) in [6, 6.07) is -1.85. The van der Waals surface area contributed by atoms with E-state index in [1.54, 1.807) is 0 Å². The third kappa shape index (κ3) is 5.41. The van der Waals surface area contributed by atoms with Gasteiger partial charge in [-0.3, -0.25) is 0 Å². The Balaban J connectivity index is 4.35. The van der Waals surface area contributed by atoms with Gasteiger partial charge in [-0.05, 0) is 6.92 Å². The minimum absolute atomic E-state index is 0.501. The molecule has 0 heterocycles. The van der Waals surface area contributed by atoms with E-state index in [2.05, 4.69) is 0 Å². The molecule has 0 saturated carbocycles. The summed E-state index contributed by atoms with van der Waals surface area (Å²) in [6.45, 7) is 0.775. The zero-order chi connectivity index (χ0) is 13.8. The predicted molar refractivity (Wildman–Crippen MR) is 53.6 cm³/mol. The van der Waals surface area contributed by atoms with Crippen molar-refractivity contribution in [1.82, 2.24) is 9.80 Å². The number of aliphatic carboxylic acids is 1. The van der Waals surface area contributed by atoms with E-state index in [9.17, 15) is 22.8 Å². The van der Waals surface area contributed by atoms with Gasteiger partial charge in [-0.25, -0.2) is 9.59 Å². The van der Waals surface area contributed by atoms with E-state index in [4.69, 9.17) is 5.11 Å². The van der Waals surface area contributed by atoms with Crippen molar-refractivity contribution in [3.05, 3.63) is 0 Å². The maximum Gasteiger partial charge on any atom is 0.390 e. The van der Waals surface area contributed by atoms with Crippen molar-refractivity contribution < 1.29 is 27.9 Å². The molecule has 0 aliphatic rings. The number of carbonyl (C=O) groups excluding carboxylic acids is 1. The molecule has 0 bridgehead atoms. The highest BCUT2D eigenvalue weighted by molar-refractivity contribution is 5.82. The Kier molecular flexibility index (Phi) is 5.24. The second kappa shape index (κ2) is 5.74. The first-order valence-corrected chi connectivity index (χ1v) is 4.83. The standard InChI is InChI=1S/C9H15F3N2O3/c1-6(7(15)16)14(3)8(17)13(2)5-4-9(10,11)12/h6H,4-5H2,1-3H3,(H,15,16). The van der Waals surface area contributed by atoms with Crippen LogP contribution >= 0.6 is 0 Å². The van der Waals surface area contributed by atoms with E-state index in [0.717, 1.165) is 9.80 Å². The van der Waals surface area contributed by atoms with E-state index in [1.807, 2.05) is 0 Å². The molecule has 1 N–H and O–H groups in total. The molecule has 0 aliphatic heterocycles. The number of hydrogen-bond acceptors (Lipinski definition) is 2. The van der Waals surface area contributed by atoms with Crippen molar-refractivity contribution in [3.8, 4) is 0 Å². The van der Waals surface area contributed by atoms with Crippen molar-refractivity contribution >= 4 is 12.0 Å². The highest BCUT2D eigenvalue weighted by atomic mass is 19.4. The van der Waals surface area contributed by atoms with Gasteiger partial charge in [0.05, 0.1) is 6.42 Å². The van der Waals surface area contributed by atoms with E-state index in [0.29, 0.717) is 0 Å². The van der Waals surface area contributed by atoms with Crippen LogP contribution in [0.5, 0.6) is 0 Å². The molecule has 17 heavy (non-hydrogen) atoms. The molecule has 8 heteroatoms. The normalized spacial score (nSPS) is 13.1. The summed E-state index contributed by atoms with van der Waals surface area (Å²) in [5.41, 5.74) is 0. The van der Waals surface area contributed by atoms with Gasteiger partial charge in [-0.1, -0.05) is 0 Å². The van der Waals surface area contributed by atoms with Crippen molar-refractivity contribution in [3.63, 3.8) is 0 Å². The molecule has 0 radical (unpaired) electrons. The van der Waals surface area contributed by atoms with Gasteiger partial charge in [0, 0.05) is 20.6 Å². The monoisotopic (exact) mass is 256 g/mol. The first-order valence-electron chi connectivity index (χ1n) is 4.83. The molecule has 0 fully saturated rings. The maximum absolute atomic E-state index is 11.9. The fraction of sp³-hybridized carbons (Fsp3) is 0.778. The van der Waals surface area contributed by atoms with Crippen molar-refractivity contribution in [2.45, 2.75) is 25.6 Å². The van der Waals surface area contributed by atoms with E-state index in [1.165, 1.54) is 21.0 Å². The van der Waals surface area contributed by atoms with Gasteiger partial charge in [-0.2, -0.15) is 13.2 Å². The summed E-state index contributed by atoms with van der Waals surface area (Å²) in [5, 5.41) is 8.65. The Morgan fingerprint density at radius 3 is 2.12 bits per heavy atom. The lowest BCUT2D eigenvalue weighted by atomic mass is 10.3. The lowest BCUT2D eigenvalue weighted by Crippen LogP contribution is -2.47. The fourth-order valence-corrected chi connectivity index (χ4v) is 0.991. The van der Waals surface area contributed by atoms with Gasteiger partial charge in [0.2, 0.25) is 0 Å². The molecule has 0 rings (SSSR count). The molecule has 100 valence electrons. The van der Waals surface area contributed by atoms with Crippen LogP contribution in [0.1, 0.15) is 13.3 Å². The number of likely N-dealkylation sites (N-methyl/N-ethyl adjacent to an activating group) is 1. The number of urea groups is 1. The molecule has 0 aromatic rings. The number of carboxylic acid groups (broad SMARTS) is 1. The summed E-state index contributed by atoms with van der Waals surface area (Å²) in [5.74, 6) is -1.22. The molecule has 1 unspecified atom stereocenters. The molecule has 0 saturated heterocycles. The van der Waals surface area contributed by atoms with Gasteiger partial charge in [0.1, 0.15) is 6.04 Å². The van der Waals surface area contributed by atoms with Gasteiger partial charge in [-0.15, -0.1) is 0 Å². The summed E-state index contributed by atoms with van der Waals surface area (Å²) in [7, 11) is 2.42. The van der Waals surface area contributed by atoms with Gasteiger partial charge < -0.3 is 14.9 Å². The lowest BCUT2D eigenvalue weighted by Gasteiger charge is -2.27. The number of hydrogen-bond donors (Lipinski definition) is 1. The molecule has 5 nitrogen and oxygen atoms in total. The van der Waals surface area contributed by atoms with Crippen LogP contribution in [0.2, 0.25) is 0 Å². The van der Waals surface area contributed by atoms with Gasteiger partial charge in [0.25, 0.3) is 0 Å². The molecule has 1 atom stereocenters. The zero-order valence-corrected chi connectivity index (χ0v) is 9.78. The fourth-order valence-electron chi connectivity index (χ4n) is 0.991. The number of nitrogens with zero attached hydrogens (tertiary/aromatic N) is 2. The molecule has 0 aromatic carbocycles. The van der Waals surface area contributed by atoms with Crippen molar-refractivity contribution in [2.75, 3.05) is 20.6 Å². The van der Waals surface area contributed by atoms with Gasteiger partial charge in [0.15, 0.2) is 0 Å². The van der Waals surface area contributed by atoms with Crippen molar-refractivity contribution in [2.24, 2.45) is 0 Å². The van der Waals surface area contributed by atoms with Crippen molar-refractivity contribution in [1.29, 1.82) is 0 Å². The molecule has 0 aromatic heterocycles. The first-order chi connectivity index (χ1) is 7.56. The number of carbonyl (C=O) groups is 2. The van der Waals surface area contributed by atoms with Crippen LogP contribution in [0.3, 0.4) is 0 Å². The topological polar surface area (TPSA) is 60.9 Å². The third-order valence-electron chi connectivity index (χ3n) is 2.30. The number of halogens is 3. The summed E-state index contributed by atoms with van der Waals surface area (Å²) in [6.07, 6.45) is -5.46. The summed E-state index contributed by atoms with van der Waals surface area (Å²) >= 11 is 0. The third-order valence-corrected chi connectivity index (χ3v) is 2.30. The minimum Gasteiger partial charge on any atom is -0.480 e. The smallest absolute Gasteiger partial charge is 0.390 e. The van der Waals surface area contributed by atoms with Crippen LogP contribution in [0.15, 0.2) is 0 Å². The molecule has 2 amide bonds. The number of alkyl halides is 3. The van der Waals surface area contributed by atoms with E-state index in [-0.39, 0.29) is 0 Å². The van der Waals surface area contributed by atoms with E-state index >= 15 is 0 Å². The van der Waals surface area contributed by atoms with Crippen LogP contribution in [0.25, 0.3) is 0 Å². The quantitative estimate of drug-likeness (QED) is 0.827. The second-order valence-corrected chi connectivity index (χ2v) is 3.69. The number of amides is 2. The molecule has 0 spiro atoms. The van der Waals surface area contributed by atoms with Crippen LogP contribution in [0, 0.1) is 0 Å². The summed E-state index contributed by atoms with van der Waals surface area (Å²) in [4.78, 5) is 23.8. The van der Waals surface area contributed by atoms with Crippen LogP contribution in [0.4, 0.5) is 18.0 Å². The highest BCUT2D eigenvalue weighted by Crippen LogP contribution is 2.19. The SMILES string of the molecule is CC(C(=O)O)N(C)C(=O)N(C)CCC(F)(F)F. The Labute approximate surface area is 96.8 Å². The Morgan fingerprint density at radius 2 is 1.76 bits per heavy atom. The molecule has 0 aliphatic carbocycles. The molecular formula is C9H15F3N2O3. The van der Waals surface area contributed by atoms with Crippen LogP contribution in [-0.4, -0.2) is 59.8 Å². The highest BCUT2D eigenvalue weighted by Gasteiger charge is 2.30.